The monoisotopic (exact) mass is 283 g/mol. The third kappa shape index (κ3) is 2.41. The van der Waals surface area contributed by atoms with Crippen molar-refractivity contribution in [1.29, 1.82) is 0 Å². The lowest BCUT2D eigenvalue weighted by Crippen LogP contribution is -2.06. The molecule has 0 aliphatic carbocycles. The molecule has 2 nitrogen and oxygen atoms in total. The van der Waals surface area contributed by atoms with Crippen molar-refractivity contribution >= 4 is 27.2 Å². The first-order chi connectivity index (χ1) is 9.65. The van der Waals surface area contributed by atoms with Gasteiger partial charge in [-0.2, -0.15) is 0 Å². The zero-order chi connectivity index (χ0) is 14.1. The molecule has 0 fully saturated rings. The number of hydrogen-bond acceptors (Lipinski definition) is 2. The van der Waals surface area contributed by atoms with Crippen molar-refractivity contribution in [3.05, 3.63) is 59.2 Å². The van der Waals surface area contributed by atoms with E-state index in [4.69, 9.17) is 0 Å². The Labute approximate surface area is 122 Å². The zero-order valence-corrected chi connectivity index (χ0v) is 12.5. The van der Waals surface area contributed by atoms with Crippen LogP contribution in [0.3, 0.4) is 0 Å². The summed E-state index contributed by atoms with van der Waals surface area (Å²) in [5.74, 6) is 0.256. The van der Waals surface area contributed by atoms with Crippen LogP contribution in [0.4, 0.5) is 0 Å². The van der Waals surface area contributed by atoms with Crippen LogP contribution in [0.25, 0.3) is 10.1 Å². The van der Waals surface area contributed by atoms with Crippen molar-refractivity contribution in [1.82, 2.24) is 4.57 Å². The van der Waals surface area contributed by atoms with E-state index in [9.17, 15) is 4.79 Å². The molecule has 3 aromatic rings. The highest BCUT2D eigenvalue weighted by molar-refractivity contribution is 7.17. The first-order valence-corrected chi connectivity index (χ1v) is 7.68. The van der Waals surface area contributed by atoms with Gasteiger partial charge < -0.3 is 4.57 Å². The molecule has 3 rings (SSSR count). The van der Waals surface area contributed by atoms with E-state index >= 15 is 0 Å². The van der Waals surface area contributed by atoms with Gasteiger partial charge in [0.2, 0.25) is 0 Å². The van der Waals surface area contributed by atoms with Gasteiger partial charge in [0.05, 0.1) is 0 Å². The fraction of sp³-hybridized carbons (Fsp3) is 0.235. The molecule has 0 aliphatic heterocycles. The number of Topliss-reactive ketones (excluding diaryl/α,β-unsaturated/α-hetero) is 1. The van der Waals surface area contributed by atoms with Crippen LogP contribution >= 0.6 is 11.3 Å². The summed E-state index contributed by atoms with van der Waals surface area (Å²) in [5, 5.41) is 3.51. The summed E-state index contributed by atoms with van der Waals surface area (Å²) in [6, 6.07) is 10.4. The van der Waals surface area contributed by atoms with Crippen molar-refractivity contribution in [2.24, 2.45) is 5.92 Å². The first kappa shape index (κ1) is 13.1. The Morgan fingerprint density at radius 1 is 1.25 bits per heavy atom. The van der Waals surface area contributed by atoms with Gasteiger partial charge in [-0.05, 0) is 28.5 Å². The Balaban J connectivity index is 1.87. The van der Waals surface area contributed by atoms with Gasteiger partial charge in [0, 0.05) is 35.1 Å². The van der Waals surface area contributed by atoms with E-state index in [1.54, 1.807) is 11.3 Å². The van der Waals surface area contributed by atoms with E-state index in [-0.39, 0.29) is 11.7 Å². The molecule has 0 amide bonds. The van der Waals surface area contributed by atoms with Crippen LogP contribution in [-0.2, 0) is 6.54 Å². The number of thiophene rings is 1. The second-order valence-electron chi connectivity index (χ2n) is 5.35. The number of fused-ring (bicyclic) bond motifs is 1. The smallest absolute Gasteiger partial charge is 0.166 e. The summed E-state index contributed by atoms with van der Waals surface area (Å²) in [6.07, 6.45) is 3.94. The lowest BCUT2D eigenvalue weighted by Gasteiger charge is -2.03. The summed E-state index contributed by atoms with van der Waals surface area (Å²) in [5.41, 5.74) is 2.12. The van der Waals surface area contributed by atoms with Gasteiger partial charge >= 0.3 is 0 Å². The standard InChI is InChI=1S/C17H17NOS/c1-12(2)17(19)13-7-8-18(9-13)10-14-11-20-16-6-4-3-5-15(14)16/h3-9,11-12H,10H2,1-2H3. The lowest BCUT2D eigenvalue weighted by molar-refractivity contribution is 0.0939. The number of rotatable bonds is 4. The van der Waals surface area contributed by atoms with Crippen molar-refractivity contribution in [3.8, 4) is 0 Å². The van der Waals surface area contributed by atoms with Crippen molar-refractivity contribution < 1.29 is 4.79 Å². The number of aromatic nitrogens is 1. The maximum absolute atomic E-state index is 12.0. The fourth-order valence-electron chi connectivity index (χ4n) is 2.37. The molecule has 0 saturated carbocycles. The minimum Gasteiger partial charge on any atom is -0.349 e. The molecule has 0 radical (unpaired) electrons. The Kier molecular flexibility index (Phi) is 3.45. The number of carbonyl (C=O) groups is 1. The summed E-state index contributed by atoms with van der Waals surface area (Å²) >= 11 is 1.77. The minimum atomic E-state index is 0.0489. The zero-order valence-electron chi connectivity index (χ0n) is 11.7. The molecule has 2 aromatic heterocycles. The summed E-state index contributed by atoms with van der Waals surface area (Å²) < 4.78 is 3.40. The normalized spacial score (nSPS) is 11.3. The van der Waals surface area contributed by atoms with Gasteiger partial charge in [-0.3, -0.25) is 4.79 Å². The van der Waals surface area contributed by atoms with Gasteiger partial charge in [-0.15, -0.1) is 11.3 Å². The highest BCUT2D eigenvalue weighted by Crippen LogP contribution is 2.26. The fourth-order valence-corrected chi connectivity index (χ4v) is 3.32. The Bertz CT molecular complexity index is 751. The van der Waals surface area contributed by atoms with Crippen LogP contribution in [0.1, 0.15) is 29.8 Å². The van der Waals surface area contributed by atoms with Gasteiger partial charge in [-0.25, -0.2) is 0 Å². The van der Waals surface area contributed by atoms with Gasteiger partial charge in [0.25, 0.3) is 0 Å². The lowest BCUT2D eigenvalue weighted by atomic mass is 10.0. The van der Waals surface area contributed by atoms with Crippen molar-refractivity contribution in [2.75, 3.05) is 0 Å². The van der Waals surface area contributed by atoms with E-state index in [1.807, 2.05) is 32.3 Å². The topological polar surface area (TPSA) is 22.0 Å². The Hall–Kier alpha value is -1.87. The second kappa shape index (κ2) is 5.25. The van der Waals surface area contributed by atoms with Gasteiger partial charge in [0.1, 0.15) is 0 Å². The Morgan fingerprint density at radius 3 is 2.85 bits per heavy atom. The highest BCUT2D eigenvalue weighted by Gasteiger charge is 2.12. The molecular weight excluding hydrogens is 266 g/mol. The second-order valence-corrected chi connectivity index (χ2v) is 6.26. The van der Waals surface area contributed by atoms with Crippen LogP contribution in [0.2, 0.25) is 0 Å². The average molecular weight is 283 g/mol. The minimum absolute atomic E-state index is 0.0489. The predicted octanol–water partition coefficient (Wildman–Crippen LogP) is 4.59. The van der Waals surface area contributed by atoms with Crippen molar-refractivity contribution in [3.63, 3.8) is 0 Å². The molecule has 102 valence electrons. The average Bonchev–Trinajstić information content (AvgIpc) is 3.06. The molecule has 0 unspecified atom stereocenters. The first-order valence-electron chi connectivity index (χ1n) is 6.80. The summed E-state index contributed by atoms with van der Waals surface area (Å²) in [4.78, 5) is 12.0. The molecule has 0 N–H and O–H groups in total. The number of ketones is 1. The Morgan fingerprint density at radius 2 is 2.05 bits per heavy atom. The third-order valence-electron chi connectivity index (χ3n) is 3.47. The molecule has 2 heterocycles. The van der Waals surface area contributed by atoms with Crippen molar-refractivity contribution in [2.45, 2.75) is 20.4 Å². The quantitative estimate of drug-likeness (QED) is 0.642. The van der Waals surface area contributed by atoms with E-state index in [0.29, 0.717) is 0 Å². The number of hydrogen-bond donors (Lipinski definition) is 0. The van der Waals surface area contributed by atoms with Gasteiger partial charge in [0.15, 0.2) is 5.78 Å². The SMILES string of the molecule is CC(C)C(=O)c1ccn(Cc2csc3ccccc23)c1. The number of carbonyl (C=O) groups excluding carboxylic acids is 1. The van der Waals surface area contributed by atoms with Crippen LogP contribution in [-0.4, -0.2) is 10.4 Å². The highest BCUT2D eigenvalue weighted by atomic mass is 32.1. The predicted molar refractivity (Wildman–Crippen MR) is 84.5 cm³/mol. The number of benzene rings is 1. The molecule has 0 atom stereocenters. The van der Waals surface area contributed by atoms with Crippen LogP contribution in [0.15, 0.2) is 48.1 Å². The molecule has 0 bridgehead atoms. The molecule has 1 aromatic carbocycles. The largest absolute Gasteiger partial charge is 0.349 e. The van der Waals surface area contributed by atoms with E-state index < -0.39 is 0 Å². The van der Waals surface area contributed by atoms with E-state index in [1.165, 1.54) is 15.6 Å². The molecule has 3 heteroatoms. The van der Waals surface area contributed by atoms with Gasteiger partial charge in [-0.1, -0.05) is 32.0 Å². The van der Waals surface area contributed by atoms with Crippen LogP contribution < -0.4 is 0 Å². The van der Waals surface area contributed by atoms with E-state index in [0.717, 1.165) is 12.1 Å². The number of nitrogens with zero attached hydrogens (tertiary/aromatic N) is 1. The summed E-state index contributed by atoms with van der Waals surface area (Å²) in [7, 11) is 0. The van der Waals surface area contributed by atoms with E-state index in [2.05, 4.69) is 34.2 Å². The molecule has 20 heavy (non-hydrogen) atoms. The molecule has 0 spiro atoms. The van der Waals surface area contributed by atoms with Crippen LogP contribution in [0.5, 0.6) is 0 Å². The summed E-state index contributed by atoms with van der Waals surface area (Å²) in [6.45, 7) is 4.69. The van der Waals surface area contributed by atoms with Crippen LogP contribution in [0, 0.1) is 5.92 Å². The third-order valence-corrected chi connectivity index (χ3v) is 4.49. The molecule has 0 saturated heterocycles. The maximum atomic E-state index is 12.0. The molecule has 0 aliphatic rings. The molecular formula is C17H17NOS. The maximum Gasteiger partial charge on any atom is 0.166 e.